The predicted molar refractivity (Wildman–Crippen MR) is 70.6 cm³/mol. The second-order valence-electron chi connectivity index (χ2n) is 5.66. The van der Waals surface area contributed by atoms with E-state index in [1.807, 2.05) is 32.9 Å². The molecule has 0 fully saturated rings. The van der Waals surface area contributed by atoms with Crippen molar-refractivity contribution in [2.75, 3.05) is 13.7 Å². The molecule has 0 aromatic carbocycles. The molecule has 0 saturated carbocycles. The fourth-order valence-corrected chi connectivity index (χ4v) is 2.01. The highest BCUT2D eigenvalue weighted by Gasteiger charge is 2.30. The first-order valence-corrected chi connectivity index (χ1v) is 6.36. The lowest BCUT2D eigenvalue weighted by Crippen LogP contribution is -2.40. The Morgan fingerprint density at radius 1 is 1.53 bits per heavy atom. The molecule has 1 aliphatic heterocycles. The summed E-state index contributed by atoms with van der Waals surface area (Å²) in [5.41, 5.74) is 1.41. The van der Waals surface area contributed by atoms with Gasteiger partial charge in [-0.15, -0.1) is 0 Å². The van der Waals surface area contributed by atoms with Crippen molar-refractivity contribution in [1.82, 2.24) is 9.88 Å². The number of carbonyl (C=O) groups is 1. The molecule has 0 radical (unpaired) electrons. The molecule has 0 N–H and O–H groups in total. The van der Waals surface area contributed by atoms with Crippen molar-refractivity contribution in [2.45, 2.75) is 39.0 Å². The molecule has 19 heavy (non-hydrogen) atoms. The first-order chi connectivity index (χ1) is 8.88. The fraction of sp³-hybridized carbons (Fsp3) is 0.571. The summed E-state index contributed by atoms with van der Waals surface area (Å²) in [6.45, 7) is 6.52. The Labute approximate surface area is 113 Å². The topological polar surface area (TPSA) is 51.7 Å². The first-order valence-electron chi connectivity index (χ1n) is 6.36. The molecule has 2 rings (SSSR count). The van der Waals surface area contributed by atoms with Gasteiger partial charge in [0.05, 0.1) is 24.9 Å². The summed E-state index contributed by atoms with van der Waals surface area (Å²) < 4.78 is 10.9. The third-order valence-electron chi connectivity index (χ3n) is 2.95. The van der Waals surface area contributed by atoms with Gasteiger partial charge in [-0.25, -0.2) is 4.79 Å². The molecule has 1 unspecified atom stereocenters. The van der Waals surface area contributed by atoms with E-state index in [1.54, 1.807) is 18.1 Å². The van der Waals surface area contributed by atoms with E-state index in [9.17, 15) is 4.79 Å². The average Bonchev–Trinajstić information content (AvgIpc) is 2.35. The third-order valence-corrected chi connectivity index (χ3v) is 2.95. The Morgan fingerprint density at radius 3 is 2.95 bits per heavy atom. The molecule has 2 heterocycles. The standard InChI is InChI=1S/C14H20N2O3/c1-14(2,3)19-13(17)16(4)12-9-18-8-11-10(12)6-5-7-15-11/h5-7,12H,8-9H2,1-4H3. The van der Waals surface area contributed by atoms with Gasteiger partial charge in [0.15, 0.2) is 0 Å². The summed E-state index contributed by atoms with van der Waals surface area (Å²) in [4.78, 5) is 18.0. The number of pyridine rings is 1. The molecule has 1 aromatic rings. The molecule has 0 spiro atoms. The molecule has 0 saturated heterocycles. The Kier molecular flexibility index (Phi) is 3.75. The summed E-state index contributed by atoms with van der Waals surface area (Å²) in [7, 11) is 1.73. The fourth-order valence-electron chi connectivity index (χ4n) is 2.01. The van der Waals surface area contributed by atoms with Gasteiger partial charge in [0.2, 0.25) is 0 Å². The predicted octanol–water partition coefficient (Wildman–Crippen LogP) is 2.52. The Bertz CT molecular complexity index is 468. The van der Waals surface area contributed by atoms with E-state index in [2.05, 4.69) is 4.98 Å². The molecule has 5 nitrogen and oxygen atoms in total. The molecule has 104 valence electrons. The van der Waals surface area contributed by atoms with E-state index in [4.69, 9.17) is 9.47 Å². The summed E-state index contributed by atoms with van der Waals surface area (Å²) in [5, 5.41) is 0. The largest absolute Gasteiger partial charge is 0.444 e. The monoisotopic (exact) mass is 264 g/mol. The number of amides is 1. The highest BCUT2D eigenvalue weighted by Crippen LogP contribution is 2.28. The van der Waals surface area contributed by atoms with Crippen LogP contribution in [0.25, 0.3) is 0 Å². The number of hydrogen-bond acceptors (Lipinski definition) is 4. The summed E-state index contributed by atoms with van der Waals surface area (Å²) in [6.07, 6.45) is 1.38. The van der Waals surface area contributed by atoms with Gasteiger partial charge in [-0.2, -0.15) is 0 Å². The van der Waals surface area contributed by atoms with Crippen molar-refractivity contribution in [1.29, 1.82) is 0 Å². The van der Waals surface area contributed by atoms with Gasteiger partial charge in [0.1, 0.15) is 5.60 Å². The van der Waals surface area contributed by atoms with Crippen molar-refractivity contribution < 1.29 is 14.3 Å². The van der Waals surface area contributed by atoms with Crippen molar-refractivity contribution in [3.63, 3.8) is 0 Å². The zero-order valence-electron chi connectivity index (χ0n) is 11.8. The lowest BCUT2D eigenvalue weighted by Gasteiger charge is -2.33. The summed E-state index contributed by atoms with van der Waals surface area (Å²) >= 11 is 0. The van der Waals surface area contributed by atoms with E-state index in [-0.39, 0.29) is 12.1 Å². The number of nitrogens with zero attached hydrogens (tertiary/aromatic N) is 2. The van der Waals surface area contributed by atoms with Crippen LogP contribution in [-0.4, -0.2) is 35.2 Å². The number of aromatic nitrogens is 1. The number of hydrogen-bond donors (Lipinski definition) is 0. The highest BCUT2D eigenvalue weighted by molar-refractivity contribution is 5.68. The van der Waals surface area contributed by atoms with Gasteiger partial charge in [0.25, 0.3) is 0 Å². The molecule has 0 aliphatic carbocycles. The van der Waals surface area contributed by atoms with Gasteiger partial charge >= 0.3 is 6.09 Å². The minimum Gasteiger partial charge on any atom is -0.444 e. The van der Waals surface area contributed by atoms with Crippen LogP contribution in [0.15, 0.2) is 18.3 Å². The lowest BCUT2D eigenvalue weighted by molar-refractivity contribution is -0.00115. The second kappa shape index (κ2) is 5.17. The van der Waals surface area contributed by atoms with E-state index >= 15 is 0 Å². The Morgan fingerprint density at radius 2 is 2.26 bits per heavy atom. The summed E-state index contributed by atoms with van der Waals surface area (Å²) in [5.74, 6) is 0. The number of ether oxygens (including phenoxy) is 2. The number of rotatable bonds is 1. The molecule has 1 amide bonds. The zero-order valence-corrected chi connectivity index (χ0v) is 11.8. The van der Waals surface area contributed by atoms with Crippen LogP contribution in [0.1, 0.15) is 38.1 Å². The maximum atomic E-state index is 12.1. The average molecular weight is 264 g/mol. The van der Waals surface area contributed by atoms with E-state index in [0.717, 1.165) is 11.3 Å². The number of fused-ring (bicyclic) bond motifs is 1. The smallest absolute Gasteiger partial charge is 0.410 e. The van der Waals surface area contributed by atoms with E-state index < -0.39 is 5.60 Å². The quantitative estimate of drug-likeness (QED) is 0.782. The van der Waals surface area contributed by atoms with Gasteiger partial charge < -0.3 is 14.4 Å². The molecule has 1 aromatic heterocycles. The van der Waals surface area contributed by atoms with Crippen molar-refractivity contribution >= 4 is 6.09 Å². The molecule has 1 aliphatic rings. The minimum atomic E-state index is -0.501. The van der Waals surface area contributed by atoms with Crippen molar-refractivity contribution in [2.24, 2.45) is 0 Å². The zero-order chi connectivity index (χ0) is 14.0. The molecular weight excluding hydrogens is 244 g/mol. The van der Waals surface area contributed by atoms with Gasteiger partial charge in [-0.3, -0.25) is 4.98 Å². The molecule has 5 heteroatoms. The lowest BCUT2D eigenvalue weighted by atomic mass is 10.0. The maximum absolute atomic E-state index is 12.1. The van der Waals surface area contributed by atoms with Crippen molar-refractivity contribution in [3.05, 3.63) is 29.6 Å². The van der Waals surface area contributed by atoms with Crippen LogP contribution in [-0.2, 0) is 16.1 Å². The van der Waals surface area contributed by atoms with Crippen LogP contribution < -0.4 is 0 Å². The maximum Gasteiger partial charge on any atom is 0.410 e. The summed E-state index contributed by atoms with van der Waals surface area (Å²) in [6, 6.07) is 3.71. The Balaban J connectivity index is 2.17. The Hall–Kier alpha value is -1.62. The first kappa shape index (κ1) is 13.8. The van der Waals surface area contributed by atoms with Crippen LogP contribution in [0, 0.1) is 0 Å². The number of likely N-dealkylation sites (N-methyl/N-ethyl adjacent to an activating group) is 1. The minimum absolute atomic E-state index is 0.146. The highest BCUT2D eigenvalue weighted by atomic mass is 16.6. The van der Waals surface area contributed by atoms with Crippen LogP contribution in [0.3, 0.4) is 0 Å². The second-order valence-corrected chi connectivity index (χ2v) is 5.66. The van der Waals surface area contributed by atoms with Crippen LogP contribution in [0.2, 0.25) is 0 Å². The third kappa shape index (κ3) is 3.23. The molecule has 0 bridgehead atoms. The normalized spacial score (nSPS) is 18.6. The van der Waals surface area contributed by atoms with E-state index in [1.165, 1.54) is 0 Å². The van der Waals surface area contributed by atoms with Crippen LogP contribution >= 0.6 is 0 Å². The van der Waals surface area contributed by atoms with E-state index in [0.29, 0.717) is 13.2 Å². The van der Waals surface area contributed by atoms with Gasteiger partial charge in [-0.05, 0) is 26.8 Å². The van der Waals surface area contributed by atoms with Crippen molar-refractivity contribution in [3.8, 4) is 0 Å². The SMILES string of the molecule is CN(C(=O)OC(C)(C)C)C1COCc2ncccc21. The van der Waals surface area contributed by atoms with Crippen LogP contribution in [0.5, 0.6) is 0 Å². The van der Waals surface area contributed by atoms with Crippen LogP contribution in [0.4, 0.5) is 4.79 Å². The molecular formula is C14H20N2O3. The number of carbonyl (C=O) groups excluding carboxylic acids is 1. The molecule has 1 atom stereocenters. The van der Waals surface area contributed by atoms with Gasteiger partial charge in [0, 0.05) is 18.8 Å². The van der Waals surface area contributed by atoms with Gasteiger partial charge in [-0.1, -0.05) is 6.07 Å².